The van der Waals surface area contributed by atoms with E-state index in [0.29, 0.717) is 6.61 Å². The summed E-state index contributed by atoms with van der Waals surface area (Å²) in [5, 5.41) is 11.5. The maximum absolute atomic E-state index is 5.68. The Morgan fingerprint density at radius 1 is 1.14 bits per heavy atom. The Labute approximate surface area is 138 Å². The fourth-order valence-corrected chi connectivity index (χ4v) is 3.56. The SMILES string of the molecule is Cn1c(SCCCOc2ccccc2)nnc1-c1cccs1. The maximum atomic E-state index is 5.68. The van der Waals surface area contributed by atoms with Crippen LogP contribution in [-0.4, -0.2) is 27.1 Å². The third-order valence-electron chi connectivity index (χ3n) is 3.11. The average molecular weight is 331 g/mol. The number of ether oxygens (including phenoxy) is 1. The third-order valence-corrected chi connectivity index (χ3v) is 5.08. The minimum atomic E-state index is 0.715. The van der Waals surface area contributed by atoms with Gasteiger partial charge >= 0.3 is 0 Å². The van der Waals surface area contributed by atoms with Crippen LogP contribution in [0, 0.1) is 0 Å². The molecule has 0 saturated heterocycles. The monoisotopic (exact) mass is 331 g/mol. The van der Waals surface area contributed by atoms with Crippen LogP contribution in [0.2, 0.25) is 0 Å². The van der Waals surface area contributed by atoms with E-state index >= 15 is 0 Å². The van der Waals surface area contributed by atoms with Crippen LogP contribution in [0.25, 0.3) is 10.7 Å². The van der Waals surface area contributed by atoms with Crippen molar-refractivity contribution in [1.82, 2.24) is 14.8 Å². The molecule has 22 heavy (non-hydrogen) atoms. The van der Waals surface area contributed by atoms with Gasteiger partial charge in [-0.05, 0) is 30.0 Å². The van der Waals surface area contributed by atoms with Gasteiger partial charge in [0.15, 0.2) is 11.0 Å². The fraction of sp³-hybridized carbons (Fsp3) is 0.250. The van der Waals surface area contributed by atoms with Gasteiger partial charge in [0, 0.05) is 12.8 Å². The predicted molar refractivity (Wildman–Crippen MR) is 91.6 cm³/mol. The van der Waals surface area contributed by atoms with Crippen molar-refractivity contribution < 1.29 is 4.74 Å². The molecule has 114 valence electrons. The molecule has 0 fully saturated rings. The molecule has 0 aliphatic rings. The van der Waals surface area contributed by atoms with Gasteiger partial charge in [0.2, 0.25) is 0 Å². The minimum Gasteiger partial charge on any atom is -0.494 e. The molecule has 2 aromatic heterocycles. The normalized spacial score (nSPS) is 10.8. The summed E-state index contributed by atoms with van der Waals surface area (Å²) >= 11 is 3.39. The van der Waals surface area contributed by atoms with E-state index in [1.807, 2.05) is 43.4 Å². The van der Waals surface area contributed by atoms with E-state index in [-0.39, 0.29) is 0 Å². The zero-order valence-corrected chi connectivity index (χ0v) is 13.9. The standard InChI is InChI=1S/C16H17N3OS2/c1-19-15(14-9-5-11-21-14)17-18-16(19)22-12-6-10-20-13-7-3-2-4-8-13/h2-5,7-9,11H,6,10,12H2,1H3. The van der Waals surface area contributed by atoms with Crippen molar-refractivity contribution in [3.05, 3.63) is 47.8 Å². The van der Waals surface area contributed by atoms with Crippen LogP contribution in [0.3, 0.4) is 0 Å². The van der Waals surface area contributed by atoms with Crippen LogP contribution in [0.1, 0.15) is 6.42 Å². The van der Waals surface area contributed by atoms with Gasteiger partial charge in [-0.25, -0.2) is 0 Å². The van der Waals surface area contributed by atoms with Crippen molar-refractivity contribution in [3.63, 3.8) is 0 Å². The second-order valence-electron chi connectivity index (χ2n) is 4.71. The molecule has 0 spiro atoms. The quantitative estimate of drug-likeness (QED) is 0.482. The van der Waals surface area contributed by atoms with Gasteiger partial charge in [-0.1, -0.05) is 36.0 Å². The summed E-state index contributed by atoms with van der Waals surface area (Å²) < 4.78 is 7.73. The number of benzene rings is 1. The predicted octanol–water partition coefficient (Wildman–Crippen LogP) is 4.10. The lowest BCUT2D eigenvalue weighted by Crippen LogP contribution is -1.99. The lowest BCUT2D eigenvalue weighted by atomic mass is 10.3. The van der Waals surface area contributed by atoms with E-state index in [4.69, 9.17) is 4.74 Å². The van der Waals surface area contributed by atoms with Gasteiger partial charge in [-0.3, -0.25) is 0 Å². The third kappa shape index (κ3) is 3.69. The van der Waals surface area contributed by atoms with Crippen LogP contribution in [0.5, 0.6) is 5.75 Å². The van der Waals surface area contributed by atoms with Gasteiger partial charge in [-0.15, -0.1) is 21.5 Å². The van der Waals surface area contributed by atoms with E-state index in [1.165, 1.54) is 0 Å². The summed E-state index contributed by atoms with van der Waals surface area (Å²) in [7, 11) is 2.01. The molecule has 0 N–H and O–H groups in total. The Bertz CT molecular complexity index is 696. The first kappa shape index (κ1) is 15.1. The molecule has 6 heteroatoms. The first-order valence-electron chi connectivity index (χ1n) is 7.08. The molecule has 0 amide bonds. The largest absolute Gasteiger partial charge is 0.494 e. The second-order valence-corrected chi connectivity index (χ2v) is 6.72. The van der Waals surface area contributed by atoms with Crippen molar-refractivity contribution in [2.75, 3.05) is 12.4 Å². The lowest BCUT2D eigenvalue weighted by molar-refractivity contribution is 0.318. The van der Waals surface area contributed by atoms with Crippen molar-refractivity contribution in [2.24, 2.45) is 7.05 Å². The van der Waals surface area contributed by atoms with Crippen LogP contribution in [0.15, 0.2) is 53.0 Å². The summed E-state index contributed by atoms with van der Waals surface area (Å²) in [5.41, 5.74) is 0. The van der Waals surface area contributed by atoms with Gasteiger partial charge in [0.05, 0.1) is 11.5 Å². The van der Waals surface area contributed by atoms with Crippen LogP contribution in [0.4, 0.5) is 0 Å². The molecule has 0 unspecified atom stereocenters. The average Bonchev–Trinajstić information content (AvgIpc) is 3.18. The Kier molecular flexibility index (Phi) is 5.13. The molecule has 0 atom stereocenters. The lowest BCUT2D eigenvalue weighted by Gasteiger charge is -2.05. The summed E-state index contributed by atoms with van der Waals surface area (Å²) in [6.45, 7) is 0.715. The van der Waals surface area contributed by atoms with Crippen LogP contribution < -0.4 is 4.74 Å². The molecular formula is C16H17N3OS2. The number of thiophene rings is 1. The summed E-state index contributed by atoms with van der Waals surface area (Å²) in [6, 6.07) is 14.0. The van der Waals surface area contributed by atoms with E-state index in [0.717, 1.165) is 33.8 Å². The molecule has 1 aromatic carbocycles. The van der Waals surface area contributed by atoms with Gasteiger partial charge in [0.25, 0.3) is 0 Å². The van der Waals surface area contributed by atoms with Crippen LogP contribution >= 0.6 is 23.1 Å². The summed E-state index contributed by atoms with van der Waals surface area (Å²) in [6.07, 6.45) is 0.973. The molecule has 0 saturated carbocycles. The van der Waals surface area contributed by atoms with Crippen molar-refractivity contribution in [2.45, 2.75) is 11.6 Å². The van der Waals surface area contributed by atoms with Crippen molar-refractivity contribution in [1.29, 1.82) is 0 Å². The maximum Gasteiger partial charge on any atom is 0.191 e. The molecular weight excluding hydrogens is 314 g/mol. The Balaban J connectivity index is 1.46. The fourth-order valence-electron chi connectivity index (χ4n) is 1.99. The van der Waals surface area contributed by atoms with Crippen molar-refractivity contribution in [3.8, 4) is 16.5 Å². The van der Waals surface area contributed by atoms with Crippen molar-refractivity contribution >= 4 is 23.1 Å². The highest BCUT2D eigenvalue weighted by atomic mass is 32.2. The molecule has 0 bridgehead atoms. The molecule has 2 heterocycles. The number of hydrogen-bond acceptors (Lipinski definition) is 5. The Morgan fingerprint density at radius 2 is 2.00 bits per heavy atom. The number of aromatic nitrogens is 3. The summed E-state index contributed by atoms with van der Waals surface area (Å²) in [4.78, 5) is 1.15. The molecule has 4 nitrogen and oxygen atoms in total. The molecule has 3 rings (SSSR count). The Morgan fingerprint density at radius 3 is 2.77 bits per heavy atom. The highest BCUT2D eigenvalue weighted by Crippen LogP contribution is 2.26. The first-order valence-corrected chi connectivity index (χ1v) is 8.95. The minimum absolute atomic E-state index is 0.715. The van der Waals surface area contributed by atoms with E-state index < -0.39 is 0 Å². The topological polar surface area (TPSA) is 39.9 Å². The Hall–Kier alpha value is -1.79. The zero-order valence-electron chi connectivity index (χ0n) is 12.3. The number of thioether (sulfide) groups is 1. The van der Waals surface area contributed by atoms with E-state index in [9.17, 15) is 0 Å². The van der Waals surface area contributed by atoms with Gasteiger partial charge < -0.3 is 9.30 Å². The highest BCUT2D eigenvalue weighted by Gasteiger charge is 2.11. The summed E-state index contributed by atoms with van der Waals surface area (Å²) in [5.74, 6) is 2.81. The number of rotatable bonds is 7. The zero-order chi connectivity index (χ0) is 15.2. The molecule has 0 radical (unpaired) electrons. The van der Waals surface area contributed by atoms with Gasteiger partial charge in [0.1, 0.15) is 5.75 Å². The second kappa shape index (κ2) is 7.47. The molecule has 3 aromatic rings. The van der Waals surface area contributed by atoms with E-state index in [2.05, 4.69) is 26.2 Å². The smallest absolute Gasteiger partial charge is 0.191 e. The van der Waals surface area contributed by atoms with Gasteiger partial charge in [-0.2, -0.15) is 0 Å². The molecule has 0 aliphatic heterocycles. The highest BCUT2D eigenvalue weighted by molar-refractivity contribution is 7.99. The number of para-hydroxylation sites is 1. The first-order chi connectivity index (χ1) is 10.8. The molecule has 0 aliphatic carbocycles. The number of hydrogen-bond donors (Lipinski definition) is 0. The van der Waals surface area contributed by atoms with E-state index in [1.54, 1.807) is 23.1 Å². The number of nitrogens with zero attached hydrogens (tertiary/aromatic N) is 3. The van der Waals surface area contributed by atoms with Crippen LogP contribution in [-0.2, 0) is 7.05 Å².